The van der Waals surface area contributed by atoms with Crippen molar-refractivity contribution in [3.63, 3.8) is 0 Å². The molecule has 0 saturated heterocycles. The molecule has 0 radical (unpaired) electrons. The molecular weight excluding hydrogens is 190 g/mol. The van der Waals surface area contributed by atoms with Crippen molar-refractivity contribution >= 4 is 5.97 Å². The topological polar surface area (TPSA) is 52.3 Å². The highest BCUT2D eigenvalue weighted by Crippen LogP contribution is 2.31. The minimum absolute atomic E-state index is 0.118. The maximum atomic E-state index is 11.6. The van der Waals surface area contributed by atoms with Gasteiger partial charge < -0.3 is 10.5 Å². The number of methoxy groups -OCH3 is 1. The average Bonchev–Trinajstić information content (AvgIpc) is 2.28. The molecule has 1 aromatic carbocycles. The number of carbonyl (C=O) groups excluding carboxylic acids is 1. The Morgan fingerprint density at radius 1 is 1.47 bits per heavy atom. The number of ether oxygens (including phenoxy) is 1. The molecule has 1 aliphatic rings. The molecule has 0 amide bonds. The van der Waals surface area contributed by atoms with Gasteiger partial charge in [0.05, 0.1) is 13.0 Å². The summed E-state index contributed by atoms with van der Waals surface area (Å²) in [5.41, 5.74) is 8.22. The lowest BCUT2D eigenvalue weighted by atomic mass is 9.80. The van der Waals surface area contributed by atoms with Crippen molar-refractivity contribution in [2.45, 2.75) is 24.8 Å². The molecule has 3 nitrogen and oxygen atoms in total. The standard InChI is InChI=1S/C12H15NO2/c1-15-12(14)11-9-5-3-2-4-8(9)6-7-10(11)13/h2-5,10-11H,6-7,13H2,1H3/t10-,11+/m0/s1. The Balaban J connectivity index is 2.41. The first-order chi connectivity index (χ1) is 7.24. The first-order valence-corrected chi connectivity index (χ1v) is 5.15. The van der Waals surface area contributed by atoms with E-state index in [0.717, 1.165) is 18.4 Å². The molecule has 2 N–H and O–H groups in total. The van der Waals surface area contributed by atoms with Gasteiger partial charge in [-0.3, -0.25) is 4.79 Å². The number of nitrogens with two attached hydrogens (primary N) is 1. The Morgan fingerprint density at radius 3 is 2.93 bits per heavy atom. The second-order valence-corrected chi connectivity index (χ2v) is 3.90. The summed E-state index contributed by atoms with van der Waals surface area (Å²) < 4.78 is 4.80. The summed E-state index contributed by atoms with van der Waals surface area (Å²) in [6, 6.07) is 7.83. The zero-order valence-electron chi connectivity index (χ0n) is 8.77. The normalized spacial score (nSPS) is 24.4. The van der Waals surface area contributed by atoms with Crippen LogP contribution in [0.4, 0.5) is 0 Å². The second-order valence-electron chi connectivity index (χ2n) is 3.90. The zero-order valence-corrected chi connectivity index (χ0v) is 8.77. The van der Waals surface area contributed by atoms with E-state index in [1.807, 2.05) is 18.2 Å². The lowest BCUT2D eigenvalue weighted by Crippen LogP contribution is -2.38. The maximum absolute atomic E-state index is 11.6. The summed E-state index contributed by atoms with van der Waals surface area (Å²) >= 11 is 0. The number of benzene rings is 1. The number of esters is 1. The molecule has 2 atom stereocenters. The monoisotopic (exact) mass is 205 g/mol. The highest BCUT2D eigenvalue weighted by atomic mass is 16.5. The van der Waals surface area contributed by atoms with Crippen LogP contribution in [-0.4, -0.2) is 19.1 Å². The summed E-state index contributed by atoms with van der Waals surface area (Å²) in [4.78, 5) is 11.6. The molecule has 1 aliphatic carbocycles. The molecule has 1 aromatic rings. The Kier molecular flexibility index (Phi) is 2.73. The summed E-state index contributed by atoms with van der Waals surface area (Å²) in [6.45, 7) is 0. The first-order valence-electron chi connectivity index (χ1n) is 5.15. The molecule has 3 heteroatoms. The summed E-state index contributed by atoms with van der Waals surface area (Å²) in [5.74, 6) is -0.519. The van der Waals surface area contributed by atoms with Crippen molar-refractivity contribution in [1.82, 2.24) is 0 Å². The highest BCUT2D eigenvalue weighted by molar-refractivity contribution is 5.80. The van der Waals surface area contributed by atoms with Gasteiger partial charge in [-0.15, -0.1) is 0 Å². The van der Waals surface area contributed by atoms with Gasteiger partial charge in [-0.1, -0.05) is 24.3 Å². The number of hydrogen-bond acceptors (Lipinski definition) is 3. The zero-order chi connectivity index (χ0) is 10.8. The van der Waals surface area contributed by atoms with E-state index in [4.69, 9.17) is 10.5 Å². The molecule has 0 aliphatic heterocycles. The number of rotatable bonds is 1. The van der Waals surface area contributed by atoms with Crippen LogP contribution in [0.25, 0.3) is 0 Å². The van der Waals surface area contributed by atoms with Crippen LogP contribution in [0, 0.1) is 0 Å². The molecule has 0 bridgehead atoms. The van der Waals surface area contributed by atoms with Crippen molar-refractivity contribution in [3.05, 3.63) is 35.4 Å². The van der Waals surface area contributed by atoms with Gasteiger partial charge in [0.1, 0.15) is 0 Å². The molecule has 0 spiro atoms. The molecular formula is C12H15NO2. The largest absolute Gasteiger partial charge is 0.469 e. The van der Waals surface area contributed by atoms with E-state index in [-0.39, 0.29) is 17.9 Å². The van der Waals surface area contributed by atoms with E-state index in [9.17, 15) is 4.79 Å². The van der Waals surface area contributed by atoms with Crippen LogP contribution >= 0.6 is 0 Å². The van der Waals surface area contributed by atoms with Crippen LogP contribution in [-0.2, 0) is 16.0 Å². The van der Waals surface area contributed by atoms with Crippen LogP contribution < -0.4 is 5.73 Å². The Bertz CT molecular complexity index is 376. The van der Waals surface area contributed by atoms with Crippen molar-refractivity contribution < 1.29 is 9.53 Å². The predicted molar refractivity (Wildman–Crippen MR) is 57.5 cm³/mol. The van der Waals surface area contributed by atoms with E-state index in [0.29, 0.717) is 0 Å². The van der Waals surface area contributed by atoms with Crippen molar-refractivity contribution in [3.8, 4) is 0 Å². The molecule has 0 aromatic heterocycles. The van der Waals surface area contributed by atoms with Crippen LogP contribution in [0.1, 0.15) is 23.5 Å². The van der Waals surface area contributed by atoms with Gasteiger partial charge in [0, 0.05) is 6.04 Å². The molecule has 0 saturated carbocycles. The smallest absolute Gasteiger partial charge is 0.314 e. The third-order valence-electron chi connectivity index (χ3n) is 3.02. The molecule has 80 valence electrons. The number of carbonyl (C=O) groups is 1. The van der Waals surface area contributed by atoms with Crippen LogP contribution in [0.5, 0.6) is 0 Å². The average molecular weight is 205 g/mol. The lowest BCUT2D eigenvalue weighted by Gasteiger charge is -2.28. The Labute approximate surface area is 89.2 Å². The van der Waals surface area contributed by atoms with Gasteiger partial charge >= 0.3 is 5.97 Å². The quantitative estimate of drug-likeness (QED) is 0.701. The van der Waals surface area contributed by atoms with Gasteiger partial charge in [0.25, 0.3) is 0 Å². The number of fused-ring (bicyclic) bond motifs is 1. The fourth-order valence-electron chi connectivity index (χ4n) is 2.21. The van der Waals surface area contributed by atoms with Crippen molar-refractivity contribution in [2.24, 2.45) is 5.73 Å². The van der Waals surface area contributed by atoms with E-state index in [1.54, 1.807) is 0 Å². The summed E-state index contributed by atoms with van der Waals surface area (Å²) in [6.07, 6.45) is 1.79. The molecule has 15 heavy (non-hydrogen) atoms. The molecule has 0 unspecified atom stereocenters. The molecule has 0 fully saturated rings. The van der Waals surface area contributed by atoms with Crippen LogP contribution in [0.3, 0.4) is 0 Å². The van der Waals surface area contributed by atoms with Gasteiger partial charge in [-0.05, 0) is 24.0 Å². The molecule has 2 rings (SSSR count). The maximum Gasteiger partial charge on any atom is 0.314 e. The predicted octanol–water partition coefficient (Wildman–Crippen LogP) is 1.22. The van der Waals surface area contributed by atoms with E-state index in [2.05, 4.69) is 6.07 Å². The minimum atomic E-state index is -0.292. The van der Waals surface area contributed by atoms with Crippen LogP contribution in [0.2, 0.25) is 0 Å². The van der Waals surface area contributed by atoms with Crippen molar-refractivity contribution in [1.29, 1.82) is 0 Å². The Morgan fingerprint density at radius 2 is 2.20 bits per heavy atom. The number of hydrogen-bond donors (Lipinski definition) is 1. The molecule has 0 heterocycles. The highest BCUT2D eigenvalue weighted by Gasteiger charge is 2.33. The third-order valence-corrected chi connectivity index (χ3v) is 3.02. The van der Waals surface area contributed by atoms with Crippen molar-refractivity contribution in [2.75, 3.05) is 7.11 Å². The van der Waals surface area contributed by atoms with Gasteiger partial charge in [-0.25, -0.2) is 0 Å². The Hall–Kier alpha value is -1.35. The second kappa shape index (κ2) is 4.03. The SMILES string of the molecule is COC(=O)[C@@H]1c2ccccc2CC[C@@H]1N. The van der Waals surface area contributed by atoms with Gasteiger partial charge in [-0.2, -0.15) is 0 Å². The summed E-state index contributed by atoms with van der Waals surface area (Å²) in [5, 5.41) is 0. The fraction of sp³-hybridized carbons (Fsp3) is 0.417. The minimum Gasteiger partial charge on any atom is -0.469 e. The third kappa shape index (κ3) is 1.75. The van der Waals surface area contributed by atoms with Gasteiger partial charge in [0.15, 0.2) is 0 Å². The number of aryl methyl sites for hydroxylation is 1. The lowest BCUT2D eigenvalue weighted by molar-refractivity contribution is -0.143. The van der Waals surface area contributed by atoms with E-state index in [1.165, 1.54) is 12.7 Å². The van der Waals surface area contributed by atoms with Gasteiger partial charge in [0.2, 0.25) is 0 Å². The first kappa shape index (κ1) is 10.2. The van der Waals surface area contributed by atoms with E-state index < -0.39 is 0 Å². The van der Waals surface area contributed by atoms with E-state index >= 15 is 0 Å². The van der Waals surface area contributed by atoms with Crippen LogP contribution in [0.15, 0.2) is 24.3 Å². The fourth-order valence-corrected chi connectivity index (χ4v) is 2.21. The summed E-state index contributed by atoms with van der Waals surface area (Å²) in [7, 11) is 1.41.